The molecular formula is C19H22INO6. The van der Waals surface area contributed by atoms with Crippen LogP contribution in [-0.2, 0) is 30.4 Å². The minimum atomic E-state index is -1.12. The summed E-state index contributed by atoms with van der Waals surface area (Å²) < 4.78 is 15.8. The molecule has 1 saturated carbocycles. The van der Waals surface area contributed by atoms with Crippen LogP contribution in [0.25, 0.3) is 0 Å². The molecule has 1 aliphatic heterocycles. The molecule has 146 valence electrons. The SMILES string of the molecule is COC(=O)[C@@H](NC(=O)OCc1ccccc1)C1C(=O)O[C@H]2[C@@H]1CCC[C@@H]2I. The predicted molar refractivity (Wildman–Crippen MR) is 104 cm³/mol. The lowest BCUT2D eigenvalue weighted by molar-refractivity contribution is -0.152. The molecule has 0 bridgehead atoms. The Bertz CT molecular complexity index is 697. The van der Waals surface area contributed by atoms with Gasteiger partial charge in [-0.05, 0) is 18.4 Å². The van der Waals surface area contributed by atoms with Gasteiger partial charge in [0, 0.05) is 9.84 Å². The third-order valence-electron chi connectivity index (χ3n) is 5.08. The first kappa shape index (κ1) is 19.9. The number of rotatable bonds is 5. The van der Waals surface area contributed by atoms with Crippen molar-refractivity contribution >= 4 is 40.6 Å². The summed E-state index contributed by atoms with van der Waals surface area (Å²) in [5, 5.41) is 2.52. The Balaban J connectivity index is 1.69. The van der Waals surface area contributed by atoms with E-state index in [-0.39, 0.29) is 22.6 Å². The largest absolute Gasteiger partial charge is 0.467 e. The van der Waals surface area contributed by atoms with E-state index in [1.807, 2.05) is 30.3 Å². The average molecular weight is 487 g/mol. The van der Waals surface area contributed by atoms with E-state index in [1.165, 1.54) is 7.11 Å². The van der Waals surface area contributed by atoms with Gasteiger partial charge >= 0.3 is 18.0 Å². The molecule has 8 heteroatoms. The molecule has 2 fully saturated rings. The second-order valence-corrected chi connectivity index (χ2v) is 8.34. The van der Waals surface area contributed by atoms with Gasteiger partial charge in [0.05, 0.1) is 13.0 Å². The number of hydrogen-bond acceptors (Lipinski definition) is 6. The van der Waals surface area contributed by atoms with Gasteiger partial charge in [-0.25, -0.2) is 9.59 Å². The lowest BCUT2D eigenvalue weighted by Crippen LogP contribution is -2.51. The van der Waals surface area contributed by atoms with Crippen LogP contribution in [0, 0.1) is 11.8 Å². The van der Waals surface area contributed by atoms with Gasteiger partial charge in [-0.2, -0.15) is 0 Å². The van der Waals surface area contributed by atoms with Gasteiger partial charge in [-0.1, -0.05) is 59.3 Å². The van der Waals surface area contributed by atoms with Crippen molar-refractivity contribution in [3.63, 3.8) is 0 Å². The molecule has 1 saturated heterocycles. The molecule has 1 amide bonds. The first-order valence-corrected chi connectivity index (χ1v) is 10.2. The van der Waals surface area contributed by atoms with Gasteiger partial charge in [-0.15, -0.1) is 0 Å². The van der Waals surface area contributed by atoms with Crippen LogP contribution in [0.2, 0.25) is 0 Å². The fraction of sp³-hybridized carbons (Fsp3) is 0.526. The van der Waals surface area contributed by atoms with E-state index in [4.69, 9.17) is 14.2 Å². The summed E-state index contributed by atoms with van der Waals surface area (Å²) in [5.41, 5.74) is 0.822. The number of benzene rings is 1. The number of hydrogen-bond donors (Lipinski definition) is 1. The number of nitrogens with one attached hydrogen (secondary N) is 1. The summed E-state index contributed by atoms with van der Waals surface area (Å²) in [6.45, 7) is 0.0670. The Labute approximate surface area is 171 Å². The monoisotopic (exact) mass is 487 g/mol. The van der Waals surface area contributed by atoms with E-state index < -0.39 is 30.0 Å². The van der Waals surface area contributed by atoms with Crippen LogP contribution in [-0.4, -0.2) is 41.2 Å². The first-order chi connectivity index (χ1) is 13.0. The van der Waals surface area contributed by atoms with Crippen molar-refractivity contribution in [2.24, 2.45) is 11.8 Å². The quantitative estimate of drug-likeness (QED) is 0.297. The van der Waals surface area contributed by atoms with Crippen molar-refractivity contribution < 1.29 is 28.6 Å². The minimum absolute atomic E-state index is 0.0670. The summed E-state index contributed by atoms with van der Waals surface area (Å²) in [5.74, 6) is -2.02. The molecule has 2 aliphatic rings. The van der Waals surface area contributed by atoms with Crippen LogP contribution in [0.1, 0.15) is 24.8 Å². The number of amides is 1. The molecule has 3 rings (SSSR count). The molecule has 0 spiro atoms. The standard InChI is InChI=1S/C19H22INO6/c1-25-18(23)15(21-19(24)26-10-11-6-3-2-4-7-11)14-12-8-5-9-13(20)16(12)27-17(14)22/h2-4,6-7,12-16H,5,8-10H2,1H3,(H,21,24)/t12-,13+,14?,15+,16+/m1/s1. The number of carbonyl (C=O) groups excluding carboxylic acids is 3. The van der Waals surface area contributed by atoms with Crippen molar-refractivity contribution in [2.75, 3.05) is 7.11 Å². The summed E-state index contributed by atoms with van der Waals surface area (Å²) in [4.78, 5) is 37.0. The Morgan fingerprint density at radius 3 is 2.74 bits per heavy atom. The molecule has 0 radical (unpaired) electrons. The van der Waals surface area contributed by atoms with Crippen LogP contribution >= 0.6 is 22.6 Å². The van der Waals surface area contributed by atoms with Crippen molar-refractivity contribution in [1.29, 1.82) is 0 Å². The smallest absolute Gasteiger partial charge is 0.408 e. The Hall–Kier alpha value is -1.84. The molecule has 5 atom stereocenters. The van der Waals surface area contributed by atoms with Crippen LogP contribution in [0.15, 0.2) is 30.3 Å². The molecule has 1 aliphatic carbocycles. The van der Waals surface area contributed by atoms with Gasteiger partial charge in [0.25, 0.3) is 0 Å². The number of carbonyl (C=O) groups is 3. The first-order valence-electron chi connectivity index (χ1n) is 8.91. The highest BCUT2D eigenvalue weighted by Crippen LogP contribution is 2.43. The molecule has 1 aromatic rings. The highest BCUT2D eigenvalue weighted by molar-refractivity contribution is 14.1. The zero-order valence-corrected chi connectivity index (χ0v) is 17.1. The predicted octanol–water partition coefficient (Wildman–Crippen LogP) is 2.60. The van der Waals surface area contributed by atoms with Crippen molar-refractivity contribution in [3.05, 3.63) is 35.9 Å². The Morgan fingerprint density at radius 1 is 1.30 bits per heavy atom. The molecule has 1 N–H and O–H groups in total. The van der Waals surface area contributed by atoms with E-state index >= 15 is 0 Å². The van der Waals surface area contributed by atoms with Crippen LogP contribution in [0.4, 0.5) is 4.79 Å². The molecular weight excluding hydrogens is 465 g/mol. The van der Waals surface area contributed by atoms with E-state index in [9.17, 15) is 14.4 Å². The molecule has 1 unspecified atom stereocenters. The fourth-order valence-corrected chi connectivity index (χ4v) is 4.90. The van der Waals surface area contributed by atoms with E-state index in [0.29, 0.717) is 0 Å². The molecule has 27 heavy (non-hydrogen) atoms. The summed E-state index contributed by atoms with van der Waals surface area (Å²) >= 11 is 2.28. The number of alkyl halides is 1. The lowest BCUT2D eigenvalue weighted by Gasteiger charge is -2.31. The minimum Gasteiger partial charge on any atom is -0.467 e. The summed E-state index contributed by atoms with van der Waals surface area (Å²) in [6, 6.07) is 8.07. The molecule has 0 aromatic heterocycles. The maximum Gasteiger partial charge on any atom is 0.408 e. The second kappa shape index (κ2) is 8.90. The number of methoxy groups -OCH3 is 1. The maximum absolute atomic E-state index is 12.5. The number of fused-ring (bicyclic) bond motifs is 1. The molecule has 1 aromatic carbocycles. The fourth-order valence-electron chi connectivity index (χ4n) is 3.78. The van der Waals surface area contributed by atoms with Crippen LogP contribution < -0.4 is 5.32 Å². The second-order valence-electron chi connectivity index (χ2n) is 6.74. The van der Waals surface area contributed by atoms with Crippen molar-refractivity contribution in [1.82, 2.24) is 5.32 Å². The van der Waals surface area contributed by atoms with E-state index in [0.717, 1.165) is 24.8 Å². The van der Waals surface area contributed by atoms with Crippen molar-refractivity contribution in [2.45, 2.75) is 41.9 Å². The van der Waals surface area contributed by atoms with Gasteiger partial charge in [0.1, 0.15) is 18.8 Å². The zero-order valence-electron chi connectivity index (χ0n) is 14.9. The van der Waals surface area contributed by atoms with E-state index in [2.05, 4.69) is 27.9 Å². The third-order valence-corrected chi connectivity index (χ3v) is 6.41. The zero-order chi connectivity index (χ0) is 19.4. The van der Waals surface area contributed by atoms with Gasteiger partial charge in [0.15, 0.2) is 0 Å². The van der Waals surface area contributed by atoms with Crippen LogP contribution in [0.5, 0.6) is 0 Å². The molecule has 7 nitrogen and oxygen atoms in total. The van der Waals surface area contributed by atoms with Gasteiger partial charge < -0.3 is 19.5 Å². The highest BCUT2D eigenvalue weighted by Gasteiger charge is 2.54. The normalized spacial score (nSPS) is 27.9. The summed E-state index contributed by atoms with van der Waals surface area (Å²) in [6.07, 6.45) is 1.69. The van der Waals surface area contributed by atoms with E-state index in [1.54, 1.807) is 0 Å². The highest BCUT2D eigenvalue weighted by atomic mass is 127. The average Bonchev–Trinajstić information content (AvgIpc) is 3.02. The maximum atomic E-state index is 12.5. The Morgan fingerprint density at radius 2 is 2.04 bits per heavy atom. The van der Waals surface area contributed by atoms with Crippen LogP contribution in [0.3, 0.4) is 0 Å². The number of halogens is 1. The Kier molecular flexibility index (Phi) is 6.56. The number of ether oxygens (including phenoxy) is 3. The topological polar surface area (TPSA) is 90.9 Å². The molecule has 1 heterocycles. The van der Waals surface area contributed by atoms with Gasteiger partial charge in [-0.3, -0.25) is 4.79 Å². The summed E-state index contributed by atoms with van der Waals surface area (Å²) in [7, 11) is 1.23. The van der Waals surface area contributed by atoms with Crippen molar-refractivity contribution in [3.8, 4) is 0 Å². The third kappa shape index (κ3) is 4.53. The van der Waals surface area contributed by atoms with Gasteiger partial charge in [0.2, 0.25) is 0 Å². The lowest BCUT2D eigenvalue weighted by atomic mass is 9.77. The number of esters is 2. The number of alkyl carbamates (subject to hydrolysis) is 1.